The highest BCUT2D eigenvalue weighted by atomic mass is 32.1. The van der Waals surface area contributed by atoms with Crippen molar-refractivity contribution in [3.63, 3.8) is 0 Å². The molecule has 0 amide bonds. The number of aliphatic hydroxyl groups excluding tert-OH is 1. The summed E-state index contributed by atoms with van der Waals surface area (Å²) in [7, 11) is 0. The van der Waals surface area contributed by atoms with Crippen molar-refractivity contribution in [3.05, 3.63) is 60.3 Å². The summed E-state index contributed by atoms with van der Waals surface area (Å²) in [6.45, 7) is 1.82. The van der Waals surface area contributed by atoms with Crippen molar-refractivity contribution in [3.8, 4) is 11.3 Å². The van der Waals surface area contributed by atoms with Gasteiger partial charge in [-0.05, 0) is 31.0 Å². The zero-order chi connectivity index (χ0) is 15.1. The zero-order valence-corrected chi connectivity index (χ0v) is 13.0. The van der Waals surface area contributed by atoms with Crippen LogP contribution in [0.5, 0.6) is 0 Å². The topological polar surface area (TPSA) is 37.5 Å². The van der Waals surface area contributed by atoms with Crippen molar-refractivity contribution in [1.29, 1.82) is 0 Å². The second kappa shape index (κ2) is 5.23. The molecule has 0 saturated heterocycles. The molecule has 3 nitrogen and oxygen atoms in total. The second-order valence-corrected chi connectivity index (χ2v) is 6.61. The van der Waals surface area contributed by atoms with Crippen LogP contribution in [0.1, 0.15) is 12.5 Å². The standard InChI is InChI=1S/C18H16N2OS/c1-12(21)9-13-7-8-16-17(10-13)22-18-19-15(11-20(16)18)14-5-3-2-4-6-14/h2-8,10-12,21H,9H2,1H3. The van der Waals surface area contributed by atoms with Crippen LogP contribution in [-0.4, -0.2) is 20.6 Å². The van der Waals surface area contributed by atoms with Gasteiger partial charge in [-0.1, -0.05) is 47.7 Å². The predicted molar refractivity (Wildman–Crippen MR) is 91.4 cm³/mol. The first-order chi connectivity index (χ1) is 10.7. The van der Waals surface area contributed by atoms with Crippen molar-refractivity contribution >= 4 is 26.5 Å². The first-order valence-corrected chi connectivity index (χ1v) is 8.16. The molecule has 1 unspecified atom stereocenters. The maximum absolute atomic E-state index is 9.53. The molecule has 0 saturated carbocycles. The van der Waals surface area contributed by atoms with E-state index in [1.54, 1.807) is 11.3 Å². The SMILES string of the molecule is CC(O)Cc1ccc2c(c1)sc1nc(-c3ccccc3)cn12. The fourth-order valence-corrected chi connectivity index (χ4v) is 3.83. The van der Waals surface area contributed by atoms with Gasteiger partial charge in [-0.25, -0.2) is 4.98 Å². The van der Waals surface area contributed by atoms with E-state index >= 15 is 0 Å². The average molecular weight is 308 g/mol. The number of benzene rings is 2. The van der Waals surface area contributed by atoms with E-state index < -0.39 is 0 Å². The Morgan fingerprint density at radius 2 is 2.00 bits per heavy atom. The number of thiazole rings is 1. The minimum absolute atomic E-state index is 0.314. The Balaban J connectivity index is 1.82. The van der Waals surface area contributed by atoms with Gasteiger partial charge in [0.25, 0.3) is 0 Å². The fourth-order valence-electron chi connectivity index (χ4n) is 2.76. The third-order valence-electron chi connectivity index (χ3n) is 3.76. The van der Waals surface area contributed by atoms with Crippen LogP contribution in [0, 0.1) is 0 Å². The predicted octanol–water partition coefficient (Wildman–Crippen LogP) is 4.14. The van der Waals surface area contributed by atoms with E-state index in [2.05, 4.69) is 40.9 Å². The van der Waals surface area contributed by atoms with Crippen LogP contribution in [0.4, 0.5) is 0 Å². The summed E-state index contributed by atoms with van der Waals surface area (Å²) in [6, 6.07) is 16.6. The highest BCUT2D eigenvalue weighted by Gasteiger charge is 2.11. The van der Waals surface area contributed by atoms with Gasteiger partial charge < -0.3 is 5.11 Å². The second-order valence-electron chi connectivity index (χ2n) is 5.60. The molecule has 1 atom stereocenters. The van der Waals surface area contributed by atoms with Crippen molar-refractivity contribution < 1.29 is 5.11 Å². The lowest BCUT2D eigenvalue weighted by Crippen LogP contribution is -2.03. The molecule has 0 aliphatic carbocycles. The van der Waals surface area contributed by atoms with E-state index in [0.717, 1.165) is 21.8 Å². The Labute approximate surface area is 132 Å². The zero-order valence-electron chi connectivity index (χ0n) is 12.2. The Morgan fingerprint density at radius 3 is 2.77 bits per heavy atom. The summed E-state index contributed by atoms with van der Waals surface area (Å²) in [5.74, 6) is 0. The Kier molecular flexibility index (Phi) is 3.21. The molecule has 0 fully saturated rings. The van der Waals surface area contributed by atoms with Crippen LogP contribution in [-0.2, 0) is 6.42 Å². The van der Waals surface area contributed by atoms with E-state index in [1.165, 1.54) is 10.2 Å². The molecule has 1 N–H and O–H groups in total. The highest BCUT2D eigenvalue weighted by molar-refractivity contribution is 7.23. The molecule has 0 aliphatic rings. The average Bonchev–Trinajstić information content (AvgIpc) is 3.04. The molecule has 0 aliphatic heterocycles. The molecule has 2 heterocycles. The van der Waals surface area contributed by atoms with Gasteiger partial charge in [-0.15, -0.1) is 0 Å². The molecule has 2 aromatic carbocycles. The summed E-state index contributed by atoms with van der Waals surface area (Å²) in [5, 5.41) is 9.53. The molecule has 2 aromatic heterocycles. The van der Waals surface area contributed by atoms with Crippen LogP contribution in [0.15, 0.2) is 54.7 Å². The number of aromatic nitrogens is 2. The van der Waals surface area contributed by atoms with Gasteiger partial charge in [0, 0.05) is 11.8 Å². The van der Waals surface area contributed by atoms with E-state index in [-0.39, 0.29) is 6.10 Å². The molecule has 0 bridgehead atoms. The number of hydrogen-bond donors (Lipinski definition) is 1. The lowest BCUT2D eigenvalue weighted by Gasteiger charge is -2.03. The number of fused-ring (bicyclic) bond motifs is 3. The smallest absolute Gasteiger partial charge is 0.195 e. The van der Waals surface area contributed by atoms with E-state index in [9.17, 15) is 5.11 Å². The Hall–Kier alpha value is -2.17. The minimum atomic E-state index is -0.314. The van der Waals surface area contributed by atoms with Crippen LogP contribution < -0.4 is 0 Å². The maximum Gasteiger partial charge on any atom is 0.195 e. The number of aliphatic hydroxyl groups is 1. The monoisotopic (exact) mass is 308 g/mol. The Bertz CT molecular complexity index is 938. The van der Waals surface area contributed by atoms with Crippen molar-refractivity contribution in [2.45, 2.75) is 19.4 Å². The largest absolute Gasteiger partial charge is 0.393 e. The molecule has 0 radical (unpaired) electrons. The Morgan fingerprint density at radius 1 is 1.18 bits per heavy atom. The van der Waals surface area contributed by atoms with Gasteiger partial charge >= 0.3 is 0 Å². The number of hydrogen-bond acceptors (Lipinski definition) is 3. The number of imidazole rings is 1. The first-order valence-electron chi connectivity index (χ1n) is 7.35. The van der Waals surface area contributed by atoms with Crippen LogP contribution >= 0.6 is 11.3 Å². The molecular formula is C18H16N2OS. The van der Waals surface area contributed by atoms with Gasteiger partial charge in [0.1, 0.15) is 0 Å². The summed E-state index contributed by atoms with van der Waals surface area (Å²) < 4.78 is 3.36. The van der Waals surface area contributed by atoms with Crippen LogP contribution in [0.3, 0.4) is 0 Å². The summed E-state index contributed by atoms with van der Waals surface area (Å²) in [6.07, 6.45) is 2.47. The van der Waals surface area contributed by atoms with Gasteiger partial charge in [-0.2, -0.15) is 0 Å². The van der Waals surface area contributed by atoms with Crippen LogP contribution in [0.25, 0.3) is 26.4 Å². The quantitative estimate of drug-likeness (QED) is 0.617. The molecule has 4 heteroatoms. The van der Waals surface area contributed by atoms with Crippen molar-refractivity contribution in [2.24, 2.45) is 0 Å². The van der Waals surface area contributed by atoms with Gasteiger partial charge in [0.05, 0.1) is 22.0 Å². The van der Waals surface area contributed by atoms with Gasteiger partial charge in [0.15, 0.2) is 4.96 Å². The molecular weight excluding hydrogens is 292 g/mol. The van der Waals surface area contributed by atoms with E-state index in [4.69, 9.17) is 4.98 Å². The fraction of sp³-hybridized carbons (Fsp3) is 0.167. The lowest BCUT2D eigenvalue weighted by atomic mass is 10.1. The van der Waals surface area contributed by atoms with E-state index in [1.807, 2.05) is 25.1 Å². The molecule has 4 rings (SSSR count). The number of rotatable bonds is 3. The van der Waals surface area contributed by atoms with Crippen LogP contribution in [0.2, 0.25) is 0 Å². The molecule has 4 aromatic rings. The highest BCUT2D eigenvalue weighted by Crippen LogP contribution is 2.30. The lowest BCUT2D eigenvalue weighted by molar-refractivity contribution is 0.195. The van der Waals surface area contributed by atoms with Crippen molar-refractivity contribution in [1.82, 2.24) is 9.38 Å². The van der Waals surface area contributed by atoms with Crippen molar-refractivity contribution in [2.75, 3.05) is 0 Å². The molecule has 0 spiro atoms. The summed E-state index contributed by atoms with van der Waals surface area (Å²) in [5.41, 5.74) is 4.47. The third-order valence-corrected chi connectivity index (χ3v) is 4.78. The molecule has 22 heavy (non-hydrogen) atoms. The van der Waals surface area contributed by atoms with E-state index in [0.29, 0.717) is 6.42 Å². The normalized spacial score (nSPS) is 13.0. The minimum Gasteiger partial charge on any atom is -0.393 e. The molecule has 110 valence electrons. The number of nitrogens with zero attached hydrogens (tertiary/aromatic N) is 2. The maximum atomic E-state index is 9.53. The summed E-state index contributed by atoms with van der Waals surface area (Å²) in [4.78, 5) is 5.75. The third kappa shape index (κ3) is 2.30. The summed E-state index contributed by atoms with van der Waals surface area (Å²) >= 11 is 1.69. The van der Waals surface area contributed by atoms with Gasteiger partial charge in [-0.3, -0.25) is 4.40 Å². The van der Waals surface area contributed by atoms with Gasteiger partial charge in [0.2, 0.25) is 0 Å². The first kappa shape index (κ1) is 13.5.